The van der Waals surface area contributed by atoms with Gasteiger partial charge in [-0.05, 0) is 6.42 Å². The van der Waals surface area contributed by atoms with Gasteiger partial charge in [-0.3, -0.25) is 0 Å². The van der Waals surface area contributed by atoms with E-state index < -0.39 is 21.6 Å². The van der Waals surface area contributed by atoms with Crippen LogP contribution in [0.3, 0.4) is 0 Å². The van der Waals surface area contributed by atoms with E-state index in [1.54, 1.807) is 0 Å². The second-order valence-electron chi connectivity index (χ2n) is 2.22. The van der Waals surface area contributed by atoms with Crippen molar-refractivity contribution >= 4 is 16.3 Å². The third-order valence-electron chi connectivity index (χ3n) is 1.22. The predicted molar refractivity (Wildman–Crippen MR) is 38.3 cm³/mol. The summed E-state index contributed by atoms with van der Waals surface area (Å²) in [6.45, 7) is 1.39. The average molecular weight is 219 g/mol. The highest BCUT2D eigenvalue weighted by Crippen LogP contribution is 2.21. The van der Waals surface area contributed by atoms with E-state index in [0.717, 1.165) is 0 Å². The zero-order valence-corrected chi connectivity index (χ0v) is 7.45. The first-order valence-electron chi connectivity index (χ1n) is 3.28. The van der Waals surface area contributed by atoms with Crippen LogP contribution in [0.5, 0.6) is 0 Å². The van der Waals surface area contributed by atoms with Crippen LogP contribution in [0.1, 0.15) is 13.3 Å². The largest absolute Gasteiger partial charge is 0.511 e. The first kappa shape index (κ1) is 12.4. The van der Waals surface area contributed by atoms with Crippen LogP contribution in [0, 0.1) is 0 Å². The summed E-state index contributed by atoms with van der Waals surface area (Å²) >= 11 is 0. The van der Waals surface area contributed by atoms with Crippen LogP contribution < -0.4 is 4.72 Å². The molecule has 0 saturated heterocycles. The fraction of sp³-hybridized carbons (Fsp3) is 0.800. The highest BCUT2D eigenvalue weighted by Gasteiger charge is 2.46. The van der Waals surface area contributed by atoms with Crippen molar-refractivity contribution in [2.75, 3.05) is 0 Å². The van der Waals surface area contributed by atoms with Gasteiger partial charge in [-0.2, -0.15) is 17.9 Å². The molecule has 0 aromatic carbocycles. The Morgan fingerprint density at radius 2 is 1.92 bits per heavy atom. The van der Waals surface area contributed by atoms with E-state index in [4.69, 9.17) is 0 Å². The van der Waals surface area contributed by atoms with Gasteiger partial charge in [-0.15, -0.1) is 0 Å². The lowest BCUT2D eigenvalue weighted by Crippen LogP contribution is -2.43. The standard InChI is InChI=1S/C5H8F3NO3S/c1-2-4(3-10)9-13(11,12)5(6,7)8/h3-4,9H,2H2,1H3. The van der Waals surface area contributed by atoms with Crippen molar-refractivity contribution in [2.45, 2.75) is 24.9 Å². The Labute approximate surface area is 73.2 Å². The van der Waals surface area contributed by atoms with Gasteiger partial charge in [-0.25, -0.2) is 8.42 Å². The molecule has 0 aromatic heterocycles. The third-order valence-corrected chi connectivity index (χ3v) is 2.44. The maximum Gasteiger partial charge on any atom is 0.511 e. The Hall–Kier alpha value is -0.630. The molecule has 0 radical (unpaired) electrons. The summed E-state index contributed by atoms with van der Waals surface area (Å²) in [6, 6.07) is -1.33. The number of carbonyl (C=O) groups excluding carboxylic acids is 1. The van der Waals surface area contributed by atoms with Gasteiger partial charge in [0.15, 0.2) is 0 Å². The minimum absolute atomic E-state index is 0.0290. The Morgan fingerprint density at radius 1 is 1.46 bits per heavy atom. The number of nitrogens with one attached hydrogen (secondary N) is 1. The first-order valence-corrected chi connectivity index (χ1v) is 4.76. The van der Waals surface area contributed by atoms with E-state index in [1.807, 2.05) is 0 Å². The van der Waals surface area contributed by atoms with Crippen LogP contribution in [0.2, 0.25) is 0 Å². The molecule has 0 aliphatic heterocycles. The molecule has 0 amide bonds. The number of rotatable bonds is 4. The maximum absolute atomic E-state index is 11.7. The number of hydrogen-bond donors (Lipinski definition) is 1. The number of aldehydes is 1. The highest BCUT2D eigenvalue weighted by molar-refractivity contribution is 7.90. The second-order valence-corrected chi connectivity index (χ2v) is 3.92. The number of sulfonamides is 1. The molecule has 0 rings (SSSR count). The summed E-state index contributed by atoms with van der Waals surface area (Å²) < 4.78 is 57.1. The van der Waals surface area contributed by atoms with E-state index in [0.29, 0.717) is 0 Å². The van der Waals surface area contributed by atoms with Crippen molar-refractivity contribution in [3.63, 3.8) is 0 Å². The van der Waals surface area contributed by atoms with Crippen LogP contribution in [-0.2, 0) is 14.8 Å². The van der Waals surface area contributed by atoms with E-state index in [9.17, 15) is 26.4 Å². The first-order chi connectivity index (χ1) is 5.74. The number of hydrogen-bond acceptors (Lipinski definition) is 3. The lowest BCUT2D eigenvalue weighted by Gasteiger charge is -2.12. The molecular weight excluding hydrogens is 211 g/mol. The van der Waals surface area contributed by atoms with Crippen molar-refractivity contribution < 1.29 is 26.4 Å². The molecule has 78 valence electrons. The molecule has 0 aliphatic rings. The molecule has 0 heterocycles. The van der Waals surface area contributed by atoms with Crippen molar-refractivity contribution in [2.24, 2.45) is 0 Å². The van der Waals surface area contributed by atoms with E-state index in [1.165, 1.54) is 11.6 Å². The van der Waals surface area contributed by atoms with Crippen molar-refractivity contribution in [3.8, 4) is 0 Å². The molecule has 1 atom stereocenters. The molecule has 0 spiro atoms. The van der Waals surface area contributed by atoms with Gasteiger partial charge in [0.2, 0.25) is 0 Å². The molecule has 0 aliphatic carbocycles. The normalized spacial score (nSPS) is 15.4. The molecular formula is C5H8F3NO3S. The summed E-state index contributed by atoms with van der Waals surface area (Å²) in [5.74, 6) is 0. The third kappa shape index (κ3) is 3.31. The Bertz CT molecular complexity index is 271. The van der Waals surface area contributed by atoms with Gasteiger partial charge in [0.05, 0.1) is 6.04 Å². The molecule has 0 saturated carbocycles. The van der Waals surface area contributed by atoms with Crippen molar-refractivity contribution in [1.29, 1.82) is 0 Å². The fourth-order valence-electron chi connectivity index (χ4n) is 0.473. The highest BCUT2D eigenvalue weighted by atomic mass is 32.2. The lowest BCUT2D eigenvalue weighted by atomic mass is 10.3. The SMILES string of the molecule is CCC(C=O)NS(=O)(=O)C(F)(F)F. The van der Waals surface area contributed by atoms with E-state index in [-0.39, 0.29) is 12.7 Å². The molecule has 0 bridgehead atoms. The zero-order chi connectivity index (χ0) is 10.7. The monoisotopic (exact) mass is 219 g/mol. The maximum atomic E-state index is 11.7. The smallest absolute Gasteiger partial charge is 0.302 e. The topological polar surface area (TPSA) is 63.2 Å². The summed E-state index contributed by atoms with van der Waals surface area (Å²) in [5, 5.41) is 0. The van der Waals surface area contributed by atoms with Crippen LogP contribution >= 0.6 is 0 Å². The van der Waals surface area contributed by atoms with Gasteiger partial charge in [0, 0.05) is 0 Å². The van der Waals surface area contributed by atoms with Gasteiger partial charge in [-0.1, -0.05) is 6.92 Å². The summed E-state index contributed by atoms with van der Waals surface area (Å²) in [7, 11) is -5.40. The average Bonchev–Trinajstić information content (AvgIpc) is 1.98. The van der Waals surface area contributed by atoms with Crippen LogP contribution in [0.15, 0.2) is 0 Å². The molecule has 1 N–H and O–H groups in total. The molecule has 13 heavy (non-hydrogen) atoms. The minimum atomic E-state index is -5.40. The Morgan fingerprint density at radius 3 is 2.15 bits per heavy atom. The number of alkyl halides is 3. The predicted octanol–water partition coefficient (Wildman–Crippen LogP) is 0.403. The molecule has 0 fully saturated rings. The molecule has 8 heteroatoms. The lowest BCUT2D eigenvalue weighted by molar-refractivity contribution is -0.109. The molecule has 0 aromatic rings. The van der Waals surface area contributed by atoms with Crippen LogP contribution in [-0.4, -0.2) is 26.3 Å². The van der Waals surface area contributed by atoms with Gasteiger partial charge in [0.1, 0.15) is 6.29 Å². The summed E-state index contributed by atoms with van der Waals surface area (Å²) in [4.78, 5) is 10.0. The van der Waals surface area contributed by atoms with Crippen molar-refractivity contribution in [3.05, 3.63) is 0 Å². The van der Waals surface area contributed by atoms with Gasteiger partial charge in [0.25, 0.3) is 0 Å². The Kier molecular flexibility index (Phi) is 3.86. The van der Waals surface area contributed by atoms with E-state index in [2.05, 4.69) is 0 Å². The van der Waals surface area contributed by atoms with Gasteiger partial charge < -0.3 is 4.79 Å². The Balaban J connectivity index is 4.61. The van der Waals surface area contributed by atoms with Crippen LogP contribution in [0.25, 0.3) is 0 Å². The number of carbonyl (C=O) groups is 1. The summed E-state index contributed by atoms with van der Waals surface area (Å²) in [6.07, 6.45) is 0.0854. The van der Waals surface area contributed by atoms with E-state index >= 15 is 0 Å². The zero-order valence-electron chi connectivity index (χ0n) is 6.63. The minimum Gasteiger partial charge on any atom is -0.302 e. The number of halogens is 3. The van der Waals surface area contributed by atoms with Crippen LogP contribution in [0.4, 0.5) is 13.2 Å². The summed E-state index contributed by atoms with van der Waals surface area (Å²) in [5.41, 5.74) is -5.37. The molecule has 1 unspecified atom stereocenters. The van der Waals surface area contributed by atoms with Crippen molar-refractivity contribution in [1.82, 2.24) is 4.72 Å². The second kappa shape index (κ2) is 4.05. The fourth-order valence-corrected chi connectivity index (χ4v) is 1.23. The quantitative estimate of drug-likeness (QED) is 0.696. The molecule has 4 nitrogen and oxygen atoms in total. The van der Waals surface area contributed by atoms with Gasteiger partial charge >= 0.3 is 15.5 Å².